The lowest BCUT2D eigenvalue weighted by Gasteiger charge is -2.14. The highest BCUT2D eigenvalue weighted by Crippen LogP contribution is 2.27. The third-order valence-corrected chi connectivity index (χ3v) is 5.08. The Kier molecular flexibility index (Phi) is 4.25. The van der Waals surface area contributed by atoms with Crippen LogP contribution in [0.4, 0.5) is 0 Å². The minimum absolute atomic E-state index is 0.0399. The predicted octanol–water partition coefficient (Wildman–Crippen LogP) is 0.348. The van der Waals surface area contributed by atoms with Crippen molar-refractivity contribution in [1.82, 2.24) is 9.62 Å². The summed E-state index contributed by atoms with van der Waals surface area (Å²) < 4.78 is 32.3. The van der Waals surface area contributed by atoms with E-state index in [2.05, 4.69) is 4.72 Å². The van der Waals surface area contributed by atoms with Gasteiger partial charge in [0.25, 0.3) is 0 Å². The van der Waals surface area contributed by atoms with Crippen molar-refractivity contribution in [3.8, 4) is 5.75 Å². The highest BCUT2D eigenvalue weighted by molar-refractivity contribution is 7.89. The lowest BCUT2D eigenvalue weighted by Crippen LogP contribution is -2.40. The number of aryl methyl sites for hydroxylation is 2. The number of ether oxygens (including phenoxy) is 1. The van der Waals surface area contributed by atoms with Crippen LogP contribution in [-0.2, 0) is 19.6 Å². The topological polar surface area (TPSA) is 92.8 Å². The number of rotatable bonds is 4. The second-order valence-corrected chi connectivity index (χ2v) is 6.97. The zero-order valence-corrected chi connectivity index (χ0v) is 13.7. The molecule has 1 fully saturated rings. The zero-order chi connectivity index (χ0) is 16.7. The summed E-state index contributed by atoms with van der Waals surface area (Å²) in [5.41, 5.74) is 1.35. The molecule has 120 valence electrons. The van der Waals surface area contributed by atoms with E-state index in [4.69, 9.17) is 4.74 Å². The standard InChI is InChI=1S/C14H18N2O5S/c1-8-5-10(6-9(2)13(8)21-4)22(19,20)15-11-7-12(17)16(3)14(11)18/h5-6,11,15H,7H2,1-4H3. The van der Waals surface area contributed by atoms with E-state index >= 15 is 0 Å². The first-order chi connectivity index (χ1) is 10.2. The largest absolute Gasteiger partial charge is 0.496 e. The van der Waals surface area contributed by atoms with E-state index in [9.17, 15) is 18.0 Å². The number of hydrogen-bond acceptors (Lipinski definition) is 5. The fourth-order valence-electron chi connectivity index (χ4n) is 2.49. The lowest BCUT2D eigenvalue weighted by atomic mass is 10.1. The summed E-state index contributed by atoms with van der Waals surface area (Å²) in [4.78, 5) is 24.2. The monoisotopic (exact) mass is 326 g/mol. The number of imide groups is 1. The van der Waals surface area contributed by atoms with E-state index in [1.165, 1.54) is 26.3 Å². The van der Waals surface area contributed by atoms with E-state index < -0.39 is 27.9 Å². The molecule has 0 aromatic heterocycles. The molecule has 1 unspecified atom stereocenters. The molecule has 1 atom stereocenters. The Labute approximate surface area is 129 Å². The average Bonchev–Trinajstić information content (AvgIpc) is 2.65. The van der Waals surface area contributed by atoms with Gasteiger partial charge in [-0.3, -0.25) is 14.5 Å². The maximum Gasteiger partial charge on any atom is 0.247 e. The van der Waals surface area contributed by atoms with Crippen molar-refractivity contribution in [2.24, 2.45) is 0 Å². The van der Waals surface area contributed by atoms with Gasteiger partial charge in [0, 0.05) is 7.05 Å². The van der Waals surface area contributed by atoms with E-state index in [-0.39, 0.29) is 11.3 Å². The number of hydrogen-bond donors (Lipinski definition) is 1. The Hall–Kier alpha value is -1.93. The van der Waals surface area contributed by atoms with Crippen molar-refractivity contribution < 1.29 is 22.7 Å². The number of amides is 2. The van der Waals surface area contributed by atoms with Gasteiger partial charge in [-0.15, -0.1) is 0 Å². The molecule has 1 N–H and O–H groups in total. The van der Waals surface area contributed by atoms with Gasteiger partial charge in [0.15, 0.2) is 0 Å². The molecule has 1 aliphatic rings. The molecule has 2 rings (SSSR count). The first-order valence-electron chi connectivity index (χ1n) is 6.65. The van der Waals surface area contributed by atoms with Crippen molar-refractivity contribution in [2.45, 2.75) is 31.2 Å². The molecule has 8 heteroatoms. The maximum absolute atomic E-state index is 12.4. The van der Waals surface area contributed by atoms with Crippen molar-refractivity contribution in [3.05, 3.63) is 23.3 Å². The summed E-state index contributed by atoms with van der Waals surface area (Å²) in [7, 11) is -1.05. The number of benzene rings is 1. The van der Waals surface area contributed by atoms with Crippen LogP contribution in [0.15, 0.2) is 17.0 Å². The number of likely N-dealkylation sites (tertiary alicyclic amines) is 1. The van der Waals surface area contributed by atoms with Gasteiger partial charge in [-0.1, -0.05) is 0 Å². The molecule has 1 aromatic carbocycles. The number of methoxy groups -OCH3 is 1. The quantitative estimate of drug-likeness (QED) is 0.806. The molecule has 0 bridgehead atoms. The fraction of sp³-hybridized carbons (Fsp3) is 0.429. The van der Waals surface area contributed by atoms with Gasteiger partial charge in [0.1, 0.15) is 11.8 Å². The number of likely N-dealkylation sites (N-methyl/N-ethyl adjacent to an activating group) is 1. The second-order valence-electron chi connectivity index (χ2n) is 5.26. The first kappa shape index (κ1) is 16.4. The molecule has 7 nitrogen and oxygen atoms in total. The van der Waals surface area contributed by atoms with Crippen LogP contribution in [-0.4, -0.2) is 45.3 Å². The van der Waals surface area contributed by atoms with Gasteiger partial charge in [-0.2, -0.15) is 4.72 Å². The predicted molar refractivity (Wildman–Crippen MR) is 79.0 cm³/mol. The Morgan fingerprint density at radius 2 is 1.77 bits per heavy atom. The van der Waals surface area contributed by atoms with Crippen LogP contribution in [0.3, 0.4) is 0 Å². The molecular formula is C14H18N2O5S. The van der Waals surface area contributed by atoms with Crippen LogP contribution in [0.5, 0.6) is 5.75 Å². The summed E-state index contributed by atoms with van der Waals surface area (Å²) in [6.45, 7) is 3.48. The summed E-state index contributed by atoms with van der Waals surface area (Å²) in [6, 6.07) is 1.89. The van der Waals surface area contributed by atoms with Crippen LogP contribution < -0.4 is 9.46 Å². The number of carbonyl (C=O) groups excluding carboxylic acids is 2. The molecule has 22 heavy (non-hydrogen) atoms. The molecule has 1 saturated heterocycles. The van der Waals surface area contributed by atoms with E-state index in [1.54, 1.807) is 13.8 Å². The number of carbonyl (C=O) groups is 2. The number of nitrogens with zero attached hydrogens (tertiary/aromatic N) is 1. The van der Waals surface area contributed by atoms with Gasteiger partial charge >= 0.3 is 0 Å². The summed E-state index contributed by atoms with van der Waals surface area (Å²) in [5.74, 6) is -0.332. The Bertz CT molecular complexity index is 719. The van der Waals surface area contributed by atoms with Crippen LogP contribution in [0.25, 0.3) is 0 Å². The van der Waals surface area contributed by atoms with Gasteiger partial charge < -0.3 is 4.74 Å². The number of nitrogens with one attached hydrogen (secondary N) is 1. The highest BCUT2D eigenvalue weighted by atomic mass is 32.2. The van der Waals surface area contributed by atoms with Crippen LogP contribution in [0.1, 0.15) is 17.5 Å². The van der Waals surface area contributed by atoms with Gasteiger partial charge in [-0.05, 0) is 37.1 Å². The molecule has 0 aliphatic carbocycles. The fourth-order valence-corrected chi connectivity index (χ4v) is 3.85. The normalized spacial score (nSPS) is 18.9. The molecule has 1 aliphatic heterocycles. The molecule has 0 spiro atoms. The van der Waals surface area contributed by atoms with E-state index in [0.29, 0.717) is 16.9 Å². The van der Waals surface area contributed by atoms with Crippen LogP contribution >= 0.6 is 0 Å². The van der Waals surface area contributed by atoms with E-state index in [1.807, 2.05) is 0 Å². The molecular weight excluding hydrogens is 308 g/mol. The minimum Gasteiger partial charge on any atom is -0.496 e. The van der Waals surface area contributed by atoms with Crippen molar-refractivity contribution in [1.29, 1.82) is 0 Å². The van der Waals surface area contributed by atoms with Crippen molar-refractivity contribution in [3.63, 3.8) is 0 Å². The SMILES string of the molecule is COc1c(C)cc(S(=O)(=O)NC2CC(=O)N(C)C2=O)cc1C. The smallest absolute Gasteiger partial charge is 0.247 e. The highest BCUT2D eigenvalue weighted by Gasteiger charge is 2.38. The summed E-state index contributed by atoms with van der Waals surface area (Å²) in [5, 5.41) is 0. The molecule has 1 aromatic rings. The van der Waals surface area contributed by atoms with Gasteiger partial charge in [0.05, 0.1) is 18.4 Å². The summed E-state index contributed by atoms with van der Waals surface area (Å²) >= 11 is 0. The van der Waals surface area contributed by atoms with E-state index in [0.717, 1.165) is 4.90 Å². The Morgan fingerprint density at radius 3 is 2.18 bits per heavy atom. The Morgan fingerprint density at radius 1 is 1.23 bits per heavy atom. The zero-order valence-electron chi connectivity index (χ0n) is 12.8. The van der Waals surface area contributed by atoms with Crippen LogP contribution in [0, 0.1) is 13.8 Å². The van der Waals surface area contributed by atoms with Crippen LogP contribution in [0.2, 0.25) is 0 Å². The second kappa shape index (κ2) is 5.69. The Balaban J connectivity index is 2.32. The number of sulfonamides is 1. The third kappa shape index (κ3) is 2.84. The third-order valence-electron chi connectivity index (χ3n) is 3.63. The summed E-state index contributed by atoms with van der Waals surface area (Å²) in [6.07, 6.45) is -0.164. The molecule has 0 radical (unpaired) electrons. The lowest BCUT2D eigenvalue weighted by molar-refractivity contribution is -0.137. The van der Waals surface area contributed by atoms with Crippen molar-refractivity contribution >= 4 is 21.8 Å². The molecule has 0 saturated carbocycles. The molecule has 2 amide bonds. The first-order valence-corrected chi connectivity index (χ1v) is 8.13. The van der Waals surface area contributed by atoms with Gasteiger partial charge in [-0.25, -0.2) is 8.42 Å². The minimum atomic E-state index is -3.90. The molecule has 1 heterocycles. The maximum atomic E-state index is 12.4. The van der Waals surface area contributed by atoms with Crippen molar-refractivity contribution in [2.75, 3.05) is 14.2 Å². The average molecular weight is 326 g/mol. The van der Waals surface area contributed by atoms with Gasteiger partial charge in [0.2, 0.25) is 21.8 Å².